The fourth-order valence-electron chi connectivity index (χ4n) is 1.76. The van der Waals surface area contributed by atoms with Crippen molar-refractivity contribution in [3.8, 4) is 0 Å². The molecule has 0 aliphatic carbocycles. The first-order valence-corrected chi connectivity index (χ1v) is 5.55. The number of aromatic nitrogens is 2. The average Bonchev–Trinajstić information content (AvgIpc) is 2.52. The van der Waals surface area contributed by atoms with Gasteiger partial charge in [0.2, 0.25) is 5.78 Å². The van der Waals surface area contributed by atoms with E-state index in [4.69, 9.17) is 11.6 Å². The summed E-state index contributed by atoms with van der Waals surface area (Å²) in [5, 5.41) is 2.89. The maximum atomic E-state index is 13.6. The van der Waals surface area contributed by atoms with Gasteiger partial charge in [-0.25, -0.2) is 4.39 Å². The van der Waals surface area contributed by atoms with Crippen LogP contribution in [0.3, 0.4) is 0 Å². The molecule has 0 spiro atoms. The second kappa shape index (κ2) is 4.42. The summed E-state index contributed by atoms with van der Waals surface area (Å²) in [7, 11) is 1.49. The number of rotatable bonds is 2. The van der Waals surface area contributed by atoms with Crippen molar-refractivity contribution in [2.24, 2.45) is 7.05 Å². The van der Waals surface area contributed by atoms with Crippen molar-refractivity contribution < 1.29 is 9.18 Å². The molecular formula is C12H10ClFN2O2. The minimum absolute atomic E-state index is 0.0567. The van der Waals surface area contributed by atoms with Crippen LogP contribution in [0, 0.1) is 12.7 Å². The molecule has 0 bridgehead atoms. The van der Waals surface area contributed by atoms with Gasteiger partial charge in [-0.1, -0.05) is 11.6 Å². The van der Waals surface area contributed by atoms with E-state index in [0.717, 1.165) is 6.07 Å². The van der Waals surface area contributed by atoms with Crippen LogP contribution < -0.4 is 5.56 Å². The number of hydrogen-bond donors (Lipinski definition) is 1. The van der Waals surface area contributed by atoms with Crippen molar-refractivity contribution in [3.63, 3.8) is 0 Å². The highest BCUT2D eigenvalue weighted by Gasteiger charge is 2.21. The van der Waals surface area contributed by atoms with Crippen LogP contribution in [0.2, 0.25) is 5.02 Å². The Bertz CT molecular complexity index is 688. The average molecular weight is 269 g/mol. The number of nitrogens with zero attached hydrogens (tertiary/aromatic N) is 1. The molecule has 1 aromatic heterocycles. The molecule has 1 aromatic carbocycles. The standard InChI is InChI=1S/C12H10ClFN2O2/c1-6-10(12(18)16(2)15-6)11(17)8-4-3-7(13)5-9(8)14/h3-5,15H,1-2H3. The maximum Gasteiger partial charge on any atom is 0.277 e. The van der Waals surface area contributed by atoms with Crippen LogP contribution in [0.5, 0.6) is 0 Å². The van der Waals surface area contributed by atoms with E-state index in [-0.39, 0.29) is 16.1 Å². The van der Waals surface area contributed by atoms with Gasteiger partial charge in [-0.15, -0.1) is 0 Å². The third-order valence-electron chi connectivity index (χ3n) is 2.63. The topological polar surface area (TPSA) is 54.9 Å². The summed E-state index contributed by atoms with van der Waals surface area (Å²) in [5.74, 6) is -1.39. The zero-order chi connectivity index (χ0) is 13.4. The third kappa shape index (κ3) is 1.97. The van der Waals surface area contributed by atoms with Crippen LogP contribution in [-0.4, -0.2) is 15.6 Å². The lowest BCUT2D eigenvalue weighted by Crippen LogP contribution is -2.20. The molecule has 1 N–H and O–H groups in total. The van der Waals surface area contributed by atoms with Crippen molar-refractivity contribution >= 4 is 17.4 Å². The number of carbonyl (C=O) groups excluding carboxylic acids is 1. The quantitative estimate of drug-likeness (QED) is 0.848. The first kappa shape index (κ1) is 12.6. The van der Waals surface area contributed by atoms with E-state index in [1.165, 1.54) is 23.9 Å². The normalized spacial score (nSPS) is 10.7. The number of benzene rings is 1. The fraction of sp³-hybridized carbons (Fsp3) is 0.167. The van der Waals surface area contributed by atoms with Gasteiger partial charge in [0.1, 0.15) is 11.4 Å². The Hall–Kier alpha value is -1.88. The summed E-state index contributed by atoms with van der Waals surface area (Å²) in [6, 6.07) is 3.72. The number of nitrogens with one attached hydrogen (secondary N) is 1. The van der Waals surface area contributed by atoms with Crippen molar-refractivity contribution in [1.29, 1.82) is 0 Å². The summed E-state index contributed by atoms with van der Waals surface area (Å²) >= 11 is 5.61. The maximum absolute atomic E-state index is 13.6. The van der Waals surface area contributed by atoms with Crippen LogP contribution in [0.25, 0.3) is 0 Å². The summed E-state index contributed by atoms with van der Waals surface area (Å²) in [6.45, 7) is 1.59. The van der Waals surface area contributed by atoms with Crippen LogP contribution in [-0.2, 0) is 7.05 Å². The van der Waals surface area contributed by atoms with Gasteiger partial charge in [-0.2, -0.15) is 0 Å². The minimum Gasteiger partial charge on any atom is -0.299 e. The van der Waals surface area contributed by atoms with Crippen molar-refractivity contribution in [2.75, 3.05) is 0 Å². The molecule has 2 rings (SSSR count). The third-order valence-corrected chi connectivity index (χ3v) is 2.87. The molecule has 0 atom stereocenters. The van der Waals surface area contributed by atoms with E-state index in [1.54, 1.807) is 6.92 Å². The molecule has 1 heterocycles. The van der Waals surface area contributed by atoms with Gasteiger partial charge in [0.25, 0.3) is 5.56 Å². The van der Waals surface area contributed by atoms with Crippen LogP contribution in [0.15, 0.2) is 23.0 Å². The van der Waals surface area contributed by atoms with E-state index < -0.39 is 17.2 Å². The van der Waals surface area contributed by atoms with Crippen LogP contribution in [0.4, 0.5) is 4.39 Å². The summed E-state index contributed by atoms with van der Waals surface area (Å²) in [5.41, 5.74) is -0.299. The molecule has 0 radical (unpaired) electrons. The van der Waals surface area contributed by atoms with E-state index >= 15 is 0 Å². The van der Waals surface area contributed by atoms with Crippen LogP contribution >= 0.6 is 11.6 Å². The lowest BCUT2D eigenvalue weighted by atomic mass is 10.0. The highest BCUT2D eigenvalue weighted by atomic mass is 35.5. The largest absolute Gasteiger partial charge is 0.299 e. The Morgan fingerprint density at radius 1 is 1.44 bits per heavy atom. The zero-order valence-electron chi connectivity index (χ0n) is 9.75. The van der Waals surface area contributed by atoms with Gasteiger partial charge in [0.05, 0.1) is 5.56 Å². The number of hydrogen-bond acceptors (Lipinski definition) is 2. The lowest BCUT2D eigenvalue weighted by Gasteiger charge is -2.01. The van der Waals surface area contributed by atoms with Crippen LogP contribution in [0.1, 0.15) is 21.6 Å². The van der Waals surface area contributed by atoms with Crippen molar-refractivity contribution in [1.82, 2.24) is 9.78 Å². The monoisotopic (exact) mass is 268 g/mol. The van der Waals surface area contributed by atoms with Gasteiger partial charge in [0, 0.05) is 17.8 Å². The summed E-state index contributed by atoms with van der Waals surface area (Å²) < 4.78 is 14.8. The zero-order valence-corrected chi connectivity index (χ0v) is 10.5. The Kier molecular flexibility index (Phi) is 3.09. The Balaban J connectivity index is 2.58. The lowest BCUT2D eigenvalue weighted by molar-refractivity contribution is 0.103. The van der Waals surface area contributed by atoms with E-state index in [2.05, 4.69) is 5.10 Å². The summed E-state index contributed by atoms with van der Waals surface area (Å²) in [4.78, 5) is 23.9. The second-order valence-electron chi connectivity index (χ2n) is 3.93. The molecule has 0 saturated heterocycles. The first-order valence-electron chi connectivity index (χ1n) is 5.17. The number of aromatic amines is 1. The van der Waals surface area contributed by atoms with Gasteiger partial charge in [-0.3, -0.25) is 19.4 Å². The molecule has 0 aliphatic rings. The first-order chi connectivity index (χ1) is 8.41. The van der Waals surface area contributed by atoms with Crippen molar-refractivity contribution in [3.05, 3.63) is 56.2 Å². The van der Waals surface area contributed by atoms with Gasteiger partial charge in [0.15, 0.2) is 0 Å². The molecule has 0 aliphatic heterocycles. The number of halogens is 2. The summed E-state index contributed by atoms with van der Waals surface area (Å²) in [6.07, 6.45) is 0. The molecule has 94 valence electrons. The molecule has 6 heteroatoms. The molecule has 2 aromatic rings. The SMILES string of the molecule is Cc1[nH]n(C)c(=O)c1C(=O)c1ccc(Cl)cc1F. The highest BCUT2D eigenvalue weighted by Crippen LogP contribution is 2.17. The second-order valence-corrected chi connectivity index (χ2v) is 4.37. The number of ketones is 1. The van der Waals surface area contributed by atoms with Gasteiger partial charge < -0.3 is 0 Å². The van der Waals surface area contributed by atoms with E-state index in [9.17, 15) is 14.0 Å². The van der Waals surface area contributed by atoms with E-state index in [0.29, 0.717) is 5.69 Å². The number of H-pyrrole nitrogens is 1. The molecule has 4 nitrogen and oxygen atoms in total. The molecule has 0 amide bonds. The fourth-order valence-corrected chi connectivity index (χ4v) is 1.92. The highest BCUT2D eigenvalue weighted by molar-refractivity contribution is 6.30. The number of aryl methyl sites for hydroxylation is 2. The number of carbonyl (C=O) groups is 1. The predicted molar refractivity (Wildman–Crippen MR) is 65.6 cm³/mol. The Morgan fingerprint density at radius 2 is 2.11 bits per heavy atom. The Labute approximate surface area is 107 Å². The smallest absolute Gasteiger partial charge is 0.277 e. The molecule has 0 fully saturated rings. The van der Waals surface area contributed by atoms with Crippen molar-refractivity contribution in [2.45, 2.75) is 6.92 Å². The van der Waals surface area contributed by atoms with Gasteiger partial charge >= 0.3 is 0 Å². The Morgan fingerprint density at radius 3 is 2.61 bits per heavy atom. The molecule has 18 heavy (non-hydrogen) atoms. The molecule has 0 saturated carbocycles. The predicted octanol–water partition coefficient (Wildman–Crippen LogP) is 2.05. The van der Waals surface area contributed by atoms with E-state index in [1.807, 2.05) is 0 Å². The molecular weight excluding hydrogens is 259 g/mol. The minimum atomic E-state index is -0.741. The van der Waals surface area contributed by atoms with Gasteiger partial charge in [-0.05, 0) is 25.1 Å². The molecule has 0 unspecified atom stereocenters.